The van der Waals surface area contributed by atoms with Gasteiger partial charge in [0.1, 0.15) is 17.9 Å². The molecule has 2 heterocycles. The van der Waals surface area contributed by atoms with E-state index in [1.807, 2.05) is 12.1 Å². The van der Waals surface area contributed by atoms with E-state index in [4.69, 9.17) is 10.5 Å². The van der Waals surface area contributed by atoms with Gasteiger partial charge in [0.2, 0.25) is 11.7 Å². The van der Waals surface area contributed by atoms with Gasteiger partial charge in [0, 0.05) is 17.3 Å². The molecule has 11 heteroatoms. The van der Waals surface area contributed by atoms with Crippen molar-refractivity contribution < 1.29 is 24.2 Å². The molecule has 1 aromatic carbocycles. The number of benzene rings is 1. The molecule has 1 fully saturated rings. The lowest BCUT2D eigenvalue weighted by molar-refractivity contribution is -0.143. The highest BCUT2D eigenvalue weighted by atomic mass is 32.2. The number of nitrogens with two attached hydrogens (primary N) is 1. The zero-order valence-electron chi connectivity index (χ0n) is 18.0. The molecule has 2 aromatic rings. The second-order valence-electron chi connectivity index (χ2n) is 8.62. The van der Waals surface area contributed by atoms with Gasteiger partial charge < -0.3 is 20.6 Å². The fourth-order valence-corrected chi connectivity index (χ4v) is 5.03. The van der Waals surface area contributed by atoms with Crippen molar-refractivity contribution in [1.82, 2.24) is 10.3 Å². The van der Waals surface area contributed by atoms with Crippen LogP contribution in [0.4, 0.5) is 0 Å². The summed E-state index contributed by atoms with van der Waals surface area (Å²) >= 11 is 0.751. The summed E-state index contributed by atoms with van der Waals surface area (Å²) in [5.74, 6) is -1.74. The molecule has 1 unspecified atom stereocenters. The van der Waals surface area contributed by atoms with Gasteiger partial charge in [0.05, 0.1) is 22.5 Å². The van der Waals surface area contributed by atoms with Crippen molar-refractivity contribution in [3.8, 4) is 5.75 Å². The molecule has 0 spiro atoms. The van der Waals surface area contributed by atoms with Crippen LogP contribution in [0.1, 0.15) is 36.8 Å². The van der Waals surface area contributed by atoms with Crippen LogP contribution in [-0.2, 0) is 25.5 Å². The molecule has 1 amide bonds. The Kier molecular flexibility index (Phi) is 5.74. The van der Waals surface area contributed by atoms with E-state index in [2.05, 4.69) is 14.7 Å². The van der Waals surface area contributed by atoms with Crippen LogP contribution in [0.5, 0.6) is 5.75 Å². The van der Waals surface area contributed by atoms with Gasteiger partial charge in [-0.05, 0) is 30.0 Å². The lowest BCUT2D eigenvalue weighted by Gasteiger charge is -2.26. The molecular weight excluding hydrogens is 460 g/mol. The number of carbonyl (C=O) groups is 3. The summed E-state index contributed by atoms with van der Waals surface area (Å²) in [5, 5.41) is 15.6. The highest BCUT2D eigenvalue weighted by Crippen LogP contribution is 2.36. The van der Waals surface area contributed by atoms with Gasteiger partial charge >= 0.3 is 0 Å². The quantitative estimate of drug-likeness (QED) is 0.412. The van der Waals surface area contributed by atoms with Crippen molar-refractivity contribution in [2.24, 2.45) is 16.0 Å². The topological polar surface area (TPSA) is 166 Å². The lowest BCUT2D eigenvalue weighted by Crippen LogP contribution is -2.42. The SMILES string of the molecule is NC(=O)COC1C(=O)CC2=C(SN=C(c3c(O)c4ccc(CC5CCC5)cc4[nH]c3=O)[N]2)C1=O. The zero-order chi connectivity index (χ0) is 24.0. The van der Waals surface area contributed by atoms with Crippen molar-refractivity contribution in [1.29, 1.82) is 0 Å². The van der Waals surface area contributed by atoms with E-state index in [1.54, 1.807) is 6.07 Å². The average molecular weight is 482 g/mol. The van der Waals surface area contributed by atoms with E-state index in [-0.39, 0.29) is 34.2 Å². The number of ether oxygens (including phenoxy) is 1. The second-order valence-corrected chi connectivity index (χ2v) is 9.39. The highest BCUT2D eigenvalue weighted by molar-refractivity contribution is 8.03. The van der Waals surface area contributed by atoms with Crippen molar-refractivity contribution >= 4 is 46.2 Å². The second kappa shape index (κ2) is 8.73. The molecule has 4 N–H and O–H groups in total. The number of rotatable bonds is 6. The number of pyridine rings is 1. The van der Waals surface area contributed by atoms with E-state index < -0.39 is 35.7 Å². The Morgan fingerprint density at radius 2 is 2.06 bits per heavy atom. The third-order valence-electron chi connectivity index (χ3n) is 6.24. The smallest absolute Gasteiger partial charge is 0.263 e. The highest BCUT2D eigenvalue weighted by Gasteiger charge is 2.41. The minimum Gasteiger partial charge on any atom is -0.506 e. The van der Waals surface area contributed by atoms with Crippen molar-refractivity contribution in [3.63, 3.8) is 0 Å². The normalized spacial score (nSPS) is 20.6. The summed E-state index contributed by atoms with van der Waals surface area (Å²) in [6.45, 7) is -0.566. The first kappa shape index (κ1) is 22.4. The van der Waals surface area contributed by atoms with E-state index in [1.165, 1.54) is 19.3 Å². The molecule has 1 saturated carbocycles. The molecule has 175 valence electrons. The number of amidine groups is 1. The summed E-state index contributed by atoms with van der Waals surface area (Å²) < 4.78 is 9.20. The van der Waals surface area contributed by atoms with Gasteiger partial charge in [-0.3, -0.25) is 19.2 Å². The summed E-state index contributed by atoms with van der Waals surface area (Å²) in [6, 6.07) is 5.56. The number of fused-ring (bicyclic) bond motifs is 1. The van der Waals surface area contributed by atoms with Gasteiger partial charge in [-0.25, -0.2) is 5.32 Å². The molecule has 0 saturated heterocycles. The molecule has 34 heavy (non-hydrogen) atoms. The molecule has 10 nitrogen and oxygen atoms in total. The molecule has 0 bridgehead atoms. The predicted octanol–water partition coefficient (Wildman–Crippen LogP) is 1.21. The van der Waals surface area contributed by atoms with Crippen LogP contribution in [0.25, 0.3) is 10.9 Å². The van der Waals surface area contributed by atoms with Crippen LogP contribution in [0, 0.1) is 5.92 Å². The number of nitrogens with one attached hydrogen (secondary N) is 1. The fourth-order valence-electron chi connectivity index (χ4n) is 4.30. The van der Waals surface area contributed by atoms with Gasteiger partial charge in [-0.15, -0.1) is 0 Å². The lowest BCUT2D eigenvalue weighted by atomic mass is 9.81. The number of hydrogen-bond acceptors (Lipinski definition) is 8. The molecule has 3 aliphatic rings. The minimum absolute atomic E-state index is 0.0833. The number of allylic oxidation sites excluding steroid dienone is 1. The Morgan fingerprint density at radius 3 is 2.76 bits per heavy atom. The van der Waals surface area contributed by atoms with Gasteiger partial charge in [-0.2, -0.15) is 4.40 Å². The van der Waals surface area contributed by atoms with Gasteiger partial charge in [0.15, 0.2) is 17.7 Å². The number of carbonyl (C=O) groups excluding carboxylic acids is 3. The maximum absolute atomic E-state index is 12.9. The first-order valence-electron chi connectivity index (χ1n) is 10.9. The summed E-state index contributed by atoms with van der Waals surface area (Å²) in [7, 11) is 0. The van der Waals surface area contributed by atoms with E-state index in [0.717, 1.165) is 23.9 Å². The largest absolute Gasteiger partial charge is 0.506 e. The minimum atomic E-state index is -1.45. The Morgan fingerprint density at radius 1 is 1.26 bits per heavy atom. The fraction of sp³-hybridized carbons (Fsp3) is 0.348. The van der Waals surface area contributed by atoms with Crippen molar-refractivity contribution in [2.45, 2.75) is 38.2 Å². The first-order valence-corrected chi connectivity index (χ1v) is 11.6. The Hall–Kier alpha value is -3.44. The van der Waals surface area contributed by atoms with Crippen LogP contribution in [-0.4, -0.2) is 46.1 Å². The molecule has 1 aliphatic heterocycles. The summed E-state index contributed by atoms with van der Waals surface area (Å²) in [4.78, 5) is 51.7. The number of amides is 1. The van der Waals surface area contributed by atoms with Gasteiger partial charge in [0.25, 0.3) is 5.56 Å². The molecule has 5 rings (SSSR count). The third kappa shape index (κ3) is 4.01. The standard InChI is InChI=1S/C23H21N4O6S/c24-16(29)9-33-20-15(28)8-14-21(19(20)31)34-27-22(25-14)17-18(30)12-5-4-11(6-10-2-1-3-10)7-13(12)26-23(17)32/h4-5,7,10,20H,1-3,6,8-9H2,(H2,24,29)(H2,26,30,32). The van der Waals surface area contributed by atoms with Crippen LogP contribution in [0.15, 0.2) is 38.0 Å². The van der Waals surface area contributed by atoms with Gasteiger partial charge in [-0.1, -0.05) is 25.3 Å². The summed E-state index contributed by atoms with van der Waals surface area (Å²) in [6.07, 6.45) is 2.91. The number of Topliss-reactive ketones (excluding diaryl/α,β-unsaturated/α-hetero) is 2. The third-order valence-corrected chi connectivity index (χ3v) is 7.12. The molecule has 1 radical (unpaired) electrons. The molecule has 1 atom stereocenters. The van der Waals surface area contributed by atoms with Crippen molar-refractivity contribution in [3.05, 3.63) is 50.3 Å². The van der Waals surface area contributed by atoms with Crippen LogP contribution < -0.4 is 16.6 Å². The number of aromatic nitrogens is 1. The number of H-pyrrole nitrogens is 1. The van der Waals surface area contributed by atoms with Crippen molar-refractivity contribution in [2.75, 3.05) is 6.61 Å². The zero-order valence-corrected chi connectivity index (χ0v) is 18.8. The van der Waals surface area contributed by atoms with E-state index in [9.17, 15) is 24.3 Å². The van der Waals surface area contributed by atoms with E-state index >= 15 is 0 Å². The summed E-state index contributed by atoms with van der Waals surface area (Å²) in [5.41, 5.74) is 6.06. The van der Waals surface area contributed by atoms with E-state index in [0.29, 0.717) is 16.8 Å². The average Bonchev–Trinajstić information content (AvgIpc) is 2.75. The maximum atomic E-state index is 12.9. The molecular formula is C23H21N4O6S. The van der Waals surface area contributed by atoms with Crippen LogP contribution in [0.2, 0.25) is 0 Å². The Balaban J connectivity index is 1.41. The monoisotopic (exact) mass is 481 g/mol. The molecule has 2 aliphatic carbocycles. The number of hydrogen-bond donors (Lipinski definition) is 3. The molecule has 1 aromatic heterocycles. The number of aromatic hydroxyl groups is 1. The first-order chi connectivity index (χ1) is 16.3. The van der Waals surface area contributed by atoms with Crippen LogP contribution in [0.3, 0.4) is 0 Å². The number of nitrogens with zero attached hydrogens (tertiary/aromatic N) is 2. The number of aromatic amines is 1. The number of ketones is 2. The maximum Gasteiger partial charge on any atom is 0.263 e. The Labute approximate surface area is 197 Å². The Bertz CT molecular complexity index is 1360. The number of primary amides is 1. The predicted molar refractivity (Wildman–Crippen MR) is 124 cm³/mol. The van der Waals surface area contributed by atoms with Crippen LogP contribution >= 0.6 is 11.9 Å².